The predicted octanol–water partition coefficient (Wildman–Crippen LogP) is 0.798. The third kappa shape index (κ3) is 2.85. The number of H-pyrrole nitrogens is 1. The highest BCUT2D eigenvalue weighted by atomic mass is 15.1. The second-order valence-corrected chi connectivity index (χ2v) is 3.31. The first kappa shape index (κ1) is 9.79. The minimum Gasteiger partial charge on any atom is -0.345 e. The Morgan fingerprint density at radius 1 is 1.40 bits per heavy atom. The summed E-state index contributed by atoms with van der Waals surface area (Å²) in [5, 5.41) is 11.0. The van der Waals surface area contributed by atoms with E-state index >= 15 is 0 Å². The highest BCUT2D eigenvalue weighted by Crippen LogP contribution is 1.96. The standard InChI is InChI=1S/C10H13N5/c1-8-12-7-10(14-8)6-11-5-9-3-2-4-13-15-9/h2-4,7,11H,5-6H2,1H3,(H,12,14). The van der Waals surface area contributed by atoms with E-state index in [0.717, 1.165) is 23.8 Å². The Morgan fingerprint density at radius 3 is 3.00 bits per heavy atom. The van der Waals surface area contributed by atoms with Crippen LogP contribution in [0.1, 0.15) is 17.2 Å². The zero-order chi connectivity index (χ0) is 10.5. The quantitative estimate of drug-likeness (QED) is 0.771. The lowest BCUT2D eigenvalue weighted by Gasteiger charge is -2.00. The molecule has 5 nitrogen and oxygen atoms in total. The van der Waals surface area contributed by atoms with E-state index in [4.69, 9.17) is 0 Å². The van der Waals surface area contributed by atoms with Crippen molar-refractivity contribution in [3.05, 3.63) is 41.7 Å². The van der Waals surface area contributed by atoms with Crippen molar-refractivity contribution in [2.24, 2.45) is 0 Å². The molecule has 0 aliphatic carbocycles. The van der Waals surface area contributed by atoms with Crippen LogP contribution >= 0.6 is 0 Å². The molecule has 0 unspecified atom stereocenters. The van der Waals surface area contributed by atoms with E-state index < -0.39 is 0 Å². The van der Waals surface area contributed by atoms with Gasteiger partial charge in [-0.05, 0) is 19.1 Å². The molecular weight excluding hydrogens is 190 g/mol. The molecule has 0 spiro atoms. The Morgan fingerprint density at radius 2 is 2.33 bits per heavy atom. The summed E-state index contributed by atoms with van der Waals surface area (Å²) in [4.78, 5) is 7.27. The molecule has 0 fully saturated rings. The third-order valence-corrected chi connectivity index (χ3v) is 2.00. The van der Waals surface area contributed by atoms with Gasteiger partial charge >= 0.3 is 0 Å². The van der Waals surface area contributed by atoms with Gasteiger partial charge in [-0.2, -0.15) is 10.2 Å². The Kier molecular flexibility index (Phi) is 3.04. The van der Waals surface area contributed by atoms with E-state index in [9.17, 15) is 0 Å². The fourth-order valence-corrected chi connectivity index (χ4v) is 1.31. The Hall–Kier alpha value is -1.75. The molecule has 78 valence electrons. The van der Waals surface area contributed by atoms with Crippen LogP contribution in [-0.4, -0.2) is 20.2 Å². The molecule has 0 aliphatic rings. The zero-order valence-electron chi connectivity index (χ0n) is 8.57. The summed E-state index contributed by atoms with van der Waals surface area (Å²) in [6, 6.07) is 3.82. The van der Waals surface area contributed by atoms with E-state index in [-0.39, 0.29) is 0 Å². The number of nitrogens with zero attached hydrogens (tertiary/aromatic N) is 3. The van der Waals surface area contributed by atoms with E-state index in [2.05, 4.69) is 25.5 Å². The lowest BCUT2D eigenvalue weighted by molar-refractivity contribution is 0.660. The van der Waals surface area contributed by atoms with Crippen LogP contribution in [0.15, 0.2) is 24.5 Å². The van der Waals surface area contributed by atoms with Gasteiger partial charge < -0.3 is 10.3 Å². The summed E-state index contributed by atoms with van der Waals surface area (Å²) in [7, 11) is 0. The van der Waals surface area contributed by atoms with Crippen molar-refractivity contribution in [3.8, 4) is 0 Å². The van der Waals surface area contributed by atoms with Gasteiger partial charge in [-0.15, -0.1) is 0 Å². The SMILES string of the molecule is Cc1ncc(CNCc2cccnn2)[nH]1. The van der Waals surface area contributed by atoms with Crippen LogP contribution in [-0.2, 0) is 13.1 Å². The average molecular weight is 203 g/mol. The Balaban J connectivity index is 1.80. The van der Waals surface area contributed by atoms with Crippen LogP contribution in [0, 0.1) is 6.92 Å². The van der Waals surface area contributed by atoms with Gasteiger partial charge in [-0.25, -0.2) is 4.98 Å². The van der Waals surface area contributed by atoms with Gasteiger partial charge in [0.2, 0.25) is 0 Å². The molecule has 0 atom stereocenters. The first-order valence-electron chi connectivity index (χ1n) is 4.82. The molecule has 0 amide bonds. The van der Waals surface area contributed by atoms with Gasteiger partial charge in [0.25, 0.3) is 0 Å². The molecule has 0 saturated carbocycles. The van der Waals surface area contributed by atoms with Gasteiger partial charge in [0.05, 0.1) is 5.69 Å². The van der Waals surface area contributed by atoms with Crippen molar-refractivity contribution >= 4 is 0 Å². The largest absolute Gasteiger partial charge is 0.345 e. The highest BCUT2D eigenvalue weighted by molar-refractivity contribution is 5.01. The first-order chi connectivity index (χ1) is 7.34. The van der Waals surface area contributed by atoms with Gasteiger partial charge in [-0.1, -0.05) is 0 Å². The number of hydrogen-bond acceptors (Lipinski definition) is 4. The lowest BCUT2D eigenvalue weighted by atomic mass is 10.4. The number of aryl methyl sites for hydroxylation is 1. The van der Waals surface area contributed by atoms with Gasteiger partial charge in [0.15, 0.2) is 0 Å². The average Bonchev–Trinajstić information content (AvgIpc) is 2.66. The number of rotatable bonds is 4. The van der Waals surface area contributed by atoms with Crippen molar-refractivity contribution < 1.29 is 0 Å². The van der Waals surface area contributed by atoms with Gasteiger partial charge in [-0.3, -0.25) is 0 Å². The maximum absolute atomic E-state index is 4.12. The van der Waals surface area contributed by atoms with Crippen molar-refractivity contribution in [2.75, 3.05) is 0 Å². The minimum absolute atomic E-state index is 0.714. The molecule has 15 heavy (non-hydrogen) atoms. The monoisotopic (exact) mass is 203 g/mol. The van der Waals surface area contributed by atoms with Crippen LogP contribution in [0.5, 0.6) is 0 Å². The van der Waals surface area contributed by atoms with E-state index in [1.165, 1.54) is 0 Å². The third-order valence-electron chi connectivity index (χ3n) is 2.00. The first-order valence-corrected chi connectivity index (χ1v) is 4.82. The molecule has 0 bridgehead atoms. The molecular formula is C10H13N5. The molecule has 2 N–H and O–H groups in total. The van der Waals surface area contributed by atoms with E-state index in [1.807, 2.05) is 25.3 Å². The fraction of sp³-hybridized carbons (Fsp3) is 0.300. The van der Waals surface area contributed by atoms with Crippen LogP contribution in [0.25, 0.3) is 0 Å². The zero-order valence-corrected chi connectivity index (χ0v) is 8.57. The molecule has 2 rings (SSSR count). The second-order valence-electron chi connectivity index (χ2n) is 3.31. The topological polar surface area (TPSA) is 66.5 Å². The number of aromatic nitrogens is 4. The van der Waals surface area contributed by atoms with Crippen LogP contribution in [0.3, 0.4) is 0 Å². The maximum atomic E-state index is 4.12. The summed E-state index contributed by atoms with van der Waals surface area (Å²) in [5.74, 6) is 0.936. The molecule has 2 heterocycles. The summed E-state index contributed by atoms with van der Waals surface area (Å²) >= 11 is 0. The Bertz CT molecular complexity index is 409. The van der Waals surface area contributed by atoms with Crippen molar-refractivity contribution in [2.45, 2.75) is 20.0 Å². The molecule has 2 aromatic heterocycles. The molecule has 0 saturated heterocycles. The van der Waals surface area contributed by atoms with Gasteiger partial charge in [0.1, 0.15) is 5.82 Å². The number of hydrogen-bond donors (Lipinski definition) is 2. The minimum atomic E-state index is 0.714. The van der Waals surface area contributed by atoms with Crippen LogP contribution in [0.4, 0.5) is 0 Å². The number of aromatic amines is 1. The van der Waals surface area contributed by atoms with E-state index in [1.54, 1.807) is 6.20 Å². The number of nitrogens with one attached hydrogen (secondary N) is 2. The molecule has 5 heteroatoms. The molecule has 0 radical (unpaired) electrons. The summed E-state index contributed by atoms with van der Waals surface area (Å²) in [6.07, 6.45) is 3.50. The maximum Gasteiger partial charge on any atom is 0.103 e. The van der Waals surface area contributed by atoms with Gasteiger partial charge in [0, 0.05) is 31.2 Å². The highest BCUT2D eigenvalue weighted by Gasteiger charge is 1.97. The van der Waals surface area contributed by atoms with Crippen LogP contribution in [0.2, 0.25) is 0 Å². The van der Waals surface area contributed by atoms with E-state index in [0.29, 0.717) is 6.54 Å². The molecule has 0 aromatic carbocycles. The predicted molar refractivity (Wildman–Crippen MR) is 55.9 cm³/mol. The molecule has 0 aliphatic heterocycles. The van der Waals surface area contributed by atoms with Crippen molar-refractivity contribution in [3.63, 3.8) is 0 Å². The van der Waals surface area contributed by atoms with Crippen molar-refractivity contribution in [1.29, 1.82) is 0 Å². The van der Waals surface area contributed by atoms with Crippen LogP contribution < -0.4 is 5.32 Å². The fourth-order valence-electron chi connectivity index (χ4n) is 1.31. The van der Waals surface area contributed by atoms with Crippen molar-refractivity contribution in [1.82, 2.24) is 25.5 Å². The second kappa shape index (κ2) is 4.65. The number of imidazole rings is 1. The normalized spacial score (nSPS) is 10.5. The summed E-state index contributed by atoms with van der Waals surface area (Å²) < 4.78 is 0. The summed E-state index contributed by atoms with van der Waals surface area (Å²) in [6.45, 7) is 3.41. The molecule has 2 aromatic rings. The smallest absolute Gasteiger partial charge is 0.103 e. The Labute approximate surface area is 88.0 Å². The summed E-state index contributed by atoms with van der Waals surface area (Å²) in [5.41, 5.74) is 2.02. The lowest BCUT2D eigenvalue weighted by Crippen LogP contribution is -2.14.